The van der Waals surface area contributed by atoms with E-state index in [1.165, 1.54) is 109 Å². The van der Waals surface area contributed by atoms with Gasteiger partial charge in [0.2, 0.25) is 0 Å². The van der Waals surface area contributed by atoms with Crippen molar-refractivity contribution in [3.05, 3.63) is 109 Å². The van der Waals surface area contributed by atoms with Crippen molar-refractivity contribution in [1.29, 1.82) is 0 Å². The van der Waals surface area contributed by atoms with Crippen LogP contribution in [-0.4, -0.2) is 37.2 Å². The Hall–Kier alpha value is -3.93. The highest BCUT2D eigenvalue weighted by Gasteiger charge is 2.19. The lowest BCUT2D eigenvalue weighted by atomic mass is 10.0. The monoisotopic (exact) mass is 943 g/mol. The summed E-state index contributed by atoms with van der Waals surface area (Å²) in [5, 5.41) is 0. The molecule has 0 amide bonds. The predicted molar refractivity (Wildman–Crippen MR) is 293 cm³/mol. The largest absolute Gasteiger partial charge is 0.462 e. The molecule has 6 heteroatoms. The first-order chi connectivity index (χ1) is 33.5. The molecule has 0 rings (SSSR count). The molecule has 0 heterocycles. The van der Waals surface area contributed by atoms with Gasteiger partial charge in [-0.1, -0.05) is 239 Å². The molecular weight excluding hydrogens is 841 g/mol. The maximum atomic E-state index is 12.8. The first-order valence-corrected chi connectivity index (χ1v) is 27.9. The second-order valence-electron chi connectivity index (χ2n) is 18.1. The third-order valence-corrected chi connectivity index (χ3v) is 11.5. The molecule has 0 aliphatic rings. The van der Waals surface area contributed by atoms with Crippen LogP contribution >= 0.6 is 0 Å². The van der Waals surface area contributed by atoms with Crippen LogP contribution in [0.4, 0.5) is 0 Å². The molecule has 0 fully saturated rings. The fourth-order valence-electron chi connectivity index (χ4n) is 7.36. The Bertz CT molecular complexity index is 1410. The molecule has 0 saturated heterocycles. The Labute approximate surface area is 419 Å². The van der Waals surface area contributed by atoms with E-state index in [4.69, 9.17) is 14.2 Å². The summed E-state index contributed by atoms with van der Waals surface area (Å²) in [5.41, 5.74) is 0. The Balaban J connectivity index is 4.55. The number of hydrogen-bond acceptors (Lipinski definition) is 6. The van der Waals surface area contributed by atoms with E-state index in [0.717, 1.165) is 89.9 Å². The van der Waals surface area contributed by atoms with Crippen LogP contribution in [0.2, 0.25) is 0 Å². The summed E-state index contributed by atoms with van der Waals surface area (Å²) >= 11 is 0. The molecule has 0 radical (unpaired) electrons. The first kappa shape index (κ1) is 64.1. The van der Waals surface area contributed by atoms with Crippen molar-refractivity contribution in [2.45, 2.75) is 252 Å². The van der Waals surface area contributed by atoms with E-state index in [0.29, 0.717) is 19.3 Å². The molecule has 386 valence electrons. The second-order valence-corrected chi connectivity index (χ2v) is 18.1. The lowest BCUT2D eigenvalue weighted by Gasteiger charge is -2.18. The van der Waals surface area contributed by atoms with Gasteiger partial charge in [-0.3, -0.25) is 14.4 Å². The van der Waals surface area contributed by atoms with E-state index >= 15 is 0 Å². The standard InChI is InChI=1S/C62H102O6/c1-4-7-10-13-16-19-22-25-28-30-31-32-35-37-40-43-46-49-52-55-61(64)67-58-59(57-66-60(63)54-51-48-45-42-39-36-33-27-24-21-18-15-12-9-6-3)68-62(65)56-53-50-47-44-41-38-34-29-26-23-20-17-14-11-8-5-2/h7,10,16,18-19,21,25,27-28,31-33,37,39-40,42,46,49,59H,4-6,8-9,11-15,17,20,22-24,26,29-30,34-36,38,41,43-45,47-48,50-58H2,1-3H3/b10-7-,19-16-,21-18-,28-25-,32-31-,33-27-,40-37-,42-39-,49-46-/t59-/m1/s1. The van der Waals surface area contributed by atoms with E-state index in [1.54, 1.807) is 0 Å². The second kappa shape index (κ2) is 55.7. The predicted octanol–water partition coefficient (Wildman–Crippen LogP) is 18.7. The average molecular weight is 943 g/mol. The van der Waals surface area contributed by atoms with Gasteiger partial charge in [-0.05, 0) is 96.3 Å². The molecule has 0 N–H and O–H groups in total. The van der Waals surface area contributed by atoms with Crippen LogP contribution in [0.25, 0.3) is 0 Å². The number of hydrogen-bond donors (Lipinski definition) is 0. The summed E-state index contributed by atoms with van der Waals surface area (Å²) in [6.45, 7) is 6.40. The molecule has 0 aliphatic heterocycles. The molecule has 68 heavy (non-hydrogen) atoms. The Morgan fingerprint density at radius 1 is 0.309 bits per heavy atom. The number of esters is 3. The Kier molecular flexibility index (Phi) is 52.4. The van der Waals surface area contributed by atoms with E-state index in [2.05, 4.69) is 124 Å². The van der Waals surface area contributed by atoms with Crippen LogP contribution < -0.4 is 0 Å². The molecule has 0 spiro atoms. The van der Waals surface area contributed by atoms with E-state index in [-0.39, 0.29) is 37.5 Å². The smallest absolute Gasteiger partial charge is 0.306 e. The van der Waals surface area contributed by atoms with E-state index in [1.807, 2.05) is 6.08 Å². The van der Waals surface area contributed by atoms with Gasteiger partial charge in [0, 0.05) is 19.3 Å². The van der Waals surface area contributed by atoms with Gasteiger partial charge in [0.15, 0.2) is 6.10 Å². The van der Waals surface area contributed by atoms with Crippen molar-refractivity contribution in [3.8, 4) is 0 Å². The molecule has 0 saturated carbocycles. The van der Waals surface area contributed by atoms with Crippen LogP contribution in [0.5, 0.6) is 0 Å². The molecule has 0 aromatic rings. The van der Waals surface area contributed by atoms with Gasteiger partial charge in [0.1, 0.15) is 13.2 Å². The maximum Gasteiger partial charge on any atom is 0.306 e. The Morgan fingerprint density at radius 2 is 0.603 bits per heavy atom. The molecule has 1 atom stereocenters. The highest BCUT2D eigenvalue weighted by atomic mass is 16.6. The van der Waals surface area contributed by atoms with Gasteiger partial charge in [0.05, 0.1) is 0 Å². The quantitative estimate of drug-likeness (QED) is 0.0262. The van der Waals surface area contributed by atoms with Crippen molar-refractivity contribution in [2.24, 2.45) is 0 Å². The van der Waals surface area contributed by atoms with Crippen LogP contribution in [0.1, 0.15) is 245 Å². The molecule has 0 aromatic heterocycles. The minimum Gasteiger partial charge on any atom is -0.462 e. The number of rotatable bonds is 49. The SMILES string of the molecule is CC/C=C\C/C=C\C/C=C\C/C=C\C/C=C\C/C=C\CCC(=O)OC[C@@H](COC(=O)CCCC/C=C\C/C=C\C/C=C\CCCCC)OC(=O)CCCCCCCCCCCCCCCCCC. The minimum atomic E-state index is -0.824. The number of carbonyl (C=O) groups excluding carboxylic acids is 3. The Morgan fingerprint density at radius 3 is 1.01 bits per heavy atom. The zero-order valence-corrected chi connectivity index (χ0v) is 44.1. The van der Waals surface area contributed by atoms with Gasteiger partial charge >= 0.3 is 17.9 Å². The van der Waals surface area contributed by atoms with Crippen molar-refractivity contribution in [1.82, 2.24) is 0 Å². The van der Waals surface area contributed by atoms with Crippen molar-refractivity contribution in [3.63, 3.8) is 0 Å². The molecule has 0 bridgehead atoms. The number of ether oxygens (including phenoxy) is 3. The molecular formula is C62H102O6. The van der Waals surface area contributed by atoms with Gasteiger partial charge in [-0.15, -0.1) is 0 Å². The minimum absolute atomic E-state index is 0.121. The normalized spacial score (nSPS) is 12.9. The van der Waals surface area contributed by atoms with Crippen molar-refractivity contribution < 1.29 is 28.6 Å². The average Bonchev–Trinajstić information content (AvgIpc) is 3.34. The van der Waals surface area contributed by atoms with Crippen LogP contribution in [0.3, 0.4) is 0 Å². The summed E-state index contributed by atoms with van der Waals surface area (Å²) in [5.74, 6) is -1.04. The fourth-order valence-corrected chi connectivity index (χ4v) is 7.36. The third kappa shape index (κ3) is 53.0. The highest BCUT2D eigenvalue weighted by molar-refractivity contribution is 5.71. The summed E-state index contributed by atoms with van der Waals surface area (Å²) in [6.07, 6.45) is 75.2. The maximum absolute atomic E-state index is 12.8. The van der Waals surface area contributed by atoms with Gasteiger partial charge in [-0.25, -0.2) is 0 Å². The first-order valence-electron chi connectivity index (χ1n) is 27.9. The number of unbranched alkanes of at least 4 members (excludes halogenated alkanes) is 20. The van der Waals surface area contributed by atoms with Crippen LogP contribution in [0.15, 0.2) is 109 Å². The molecule has 0 aliphatic carbocycles. The molecule has 0 aromatic carbocycles. The van der Waals surface area contributed by atoms with Crippen molar-refractivity contribution in [2.75, 3.05) is 13.2 Å². The van der Waals surface area contributed by atoms with Gasteiger partial charge in [0.25, 0.3) is 0 Å². The third-order valence-electron chi connectivity index (χ3n) is 11.5. The summed E-state index contributed by atoms with van der Waals surface area (Å²) < 4.78 is 16.7. The van der Waals surface area contributed by atoms with Gasteiger partial charge in [-0.2, -0.15) is 0 Å². The molecule has 6 nitrogen and oxygen atoms in total. The molecule has 0 unspecified atom stereocenters. The lowest BCUT2D eigenvalue weighted by Crippen LogP contribution is -2.30. The summed E-state index contributed by atoms with van der Waals surface area (Å²) in [4.78, 5) is 38.1. The van der Waals surface area contributed by atoms with Crippen LogP contribution in [0, 0.1) is 0 Å². The lowest BCUT2D eigenvalue weighted by molar-refractivity contribution is -0.166. The van der Waals surface area contributed by atoms with Crippen molar-refractivity contribution >= 4 is 17.9 Å². The fraction of sp³-hybridized carbons (Fsp3) is 0.661. The number of carbonyl (C=O) groups is 3. The zero-order valence-electron chi connectivity index (χ0n) is 44.1. The zero-order chi connectivity index (χ0) is 49.3. The summed E-state index contributed by atoms with van der Waals surface area (Å²) in [7, 11) is 0. The van der Waals surface area contributed by atoms with E-state index < -0.39 is 6.10 Å². The highest BCUT2D eigenvalue weighted by Crippen LogP contribution is 2.15. The van der Waals surface area contributed by atoms with Gasteiger partial charge < -0.3 is 14.2 Å². The van der Waals surface area contributed by atoms with E-state index in [9.17, 15) is 14.4 Å². The van der Waals surface area contributed by atoms with Crippen LogP contribution in [-0.2, 0) is 28.6 Å². The number of allylic oxidation sites excluding steroid dienone is 18. The summed E-state index contributed by atoms with van der Waals surface area (Å²) in [6, 6.07) is 0. The topological polar surface area (TPSA) is 78.9 Å².